The Morgan fingerprint density at radius 1 is 0.848 bits per heavy atom. The van der Waals surface area contributed by atoms with Crippen molar-refractivity contribution >= 4 is 23.4 Å². The Hall–Kier alpha value is -2.91. The maximum Gasteiger partial charge on any atom is 0.416 e. The summed E-state index contributed by atoms with van der Waals surface area (Å²) in [4.78, 5) is 0. The van der Waals surface area contributed by atoms with Gasteiger partial charge in [-0.15, -0.1) is 10.2 Å². The number of benzene rings is 3. The number of hydrogen-bond acceptors (Lipinski definition) is 3. The third-order valence-electron chi connectivity index (χ3n) is 4.80. The summed E-state index contributed by atoms with van der Waals surface area (Å²) in [7, 11) is 0. The first-order valence-corrected chi connectivity index (χ1v) is 11.0. The van der Waals surface area contributed by atoms with Crippen molar-refractivity contribution in [2.75, 3.05) is 0 Å². The van der Waals surface area contributed by atoms with Gasteiger partial charge in [0.15, 0.2) is 5.16 Å². The van der Waals surface area contributed by atoms with Crippen LogP contribution in [0.4, 0.5) is 22.0 Å². The number of halogens is 6. The van der Waals surface area contributed by atoms with Crippen LogP contribution in [0.5, 0.6) is 0 Å². The van der Waals surface area contributed by atoms with Crippen molar-refractivity contribution in [1.82, 2.24) is 14.8 Å². The van der Waals surface area contributed by atoms with Gasteiger partial charge < -0.3 is 0 Å². The number of hydrogen-bond donors (Lipinski definition) is 0. The third kappa shape index (κ3) is 5.54. The van der Waals surface area contributed by atoms with Crippen LogP contribution in [0.1, 0.15) is 22.5 Å². The van der Waals surface area contributed by atoms with Crippen LogP contribution in [0.15, 0.2) is 71.9 Å². The zero-order valence-corrected chi connectivity index (χ0v) is 18.4. The van der Waals surface area contributed by atoms with E-state index in [9.17, 15) is 22.0 Å². The first-order valence-electron chi connectivity index (χ1n) is 9.64. The minimum absolute atomic E-state index is 0.209. The highest BCUT2D eigenvalue weighted by Gasteiger charge is 2.30. The van der Waals surface area contributed by atoms with Crippen molar-refractivity contribution in [3.8, 4) is 5.69 Å². The molecule has 0 aliphatic carbocycles. The van der Waals surface area contributed by atoms with Gasteiger partial charge >= 0.3 is 6.18 Å². The minimum atomic E-state index is -4.42. The van der Waals surface area contributed by atoms with Crippen molar-refractivity contribution in [1.29, 1.82) is 0 Å². The van der Waals surface area contributed by atoms with Gasteiger partial charge in [-0.2, -0.15) is 13.2 Å². The Morgan fingerprint density at radius 3 is 2.15 bits per heavy atom. The molecular weight excluding hydrogens is 481 g/mol. The van der Waals surface area contributed by atoms with Gasteiger partial charge in [0.25, 0.3) is 0 Å². The van der Waals surface area contributed by atoms with E-state index in [4.69, 9.17) is 11.6 Å². The molecule has 4 aromatic rings. The smallest absolute Gasteiger partial charge is 0.274 e. The van der Waals surface area contributed by atoms with E-state index in [0.717, 1.165) is 12.1 Å². The first-order chi connectivity index (χ1) is 15.7. The second kappa shape index (κ2) is 9.52. The molecule has 3 nitrogen and oxygen atoms in total. The molecule has 0 amide bonds. The molecule has 10 heteroatoms. The monoisotopic (exact) mass is 495 g/mol. The lowest BCUT2D eigenvalue weighted by Gasteiger charge is -2.11. The molecule has 3 aromatic carbocycles. The Balaban J connectivity index is 1.64. The van der Waals surface area contributed by atoms with Crippen molar-refractivity contribution in [3.05, 3.63) is 106 Å². The molecule has 0 saturated carbocycles. The summed E-state index contributed by atoms with van der Waals surface area (Å²) < 4.78 is 67.1. The van der Waals surface area contributed by atoms with E-state index in [1.807, 2.05) is 0 Å². The molecule has 0 aliphatic rings. The highest BCUT2D eigenvalue weighted by atomic mass is 35.5. The molecule has 0 atom stereocenters. The number of alkyl halides is 3. The molecule has 4 rings (SSSR count). The molecule has 0 saturated heterocycles. The summed E-state index contributed by atoms with van der Waals surface area (Å²) in [5.74, 6) is -0.0156. The van der Waals surface area contributed by atoms with E-state index in [0.29, 0.717) is 33.5 Å². The maximum atomic E-state index is 13.5. The van der Waals surface area contributed by atoms with Crippen LogP contribution in [-0.2, 0) is 18.3 Å². The van der Waals surface area contributed by atoms with Crippen LogP contribution in [0.25, 0.3) is 5.69 Å². The molecule has 0 bridgehead atoms. The Labute approximate surface area is 195 Å². The molecular formula is C23H15ClF5N3S. The van der Waals surface area contributed by atoms with E-state index in [2.05, 4.69) is 10.2 Å². The molecule has 0 radical (unpaired) electrons. The lowest BCUT2D eigenvalue weighted by atomic mass is 10.1. The summed E-state index contributed by atoms with van der Waals surface area (Å²) in [6.45, 7) is 0. The van der Waals surface area contributed by atoms with Gasteiger partial charge in [0.1, 0.15) is 17.5 Å². The van der Waals surface area contributed by atoms with Gasteiger partial charge in [0.05, 0.1) is 5.56 Å². The van der Waals surface area contributed by atoms with E-state index < -0.39 is 23.4 Å². The average Bonchev–Trinajstić information content (AvgIpc) is 3.16. The van der Waals surface area contributed by atoms with E-state index >= 15 is 0 Å². The quantitative estimate of drug-likeness (QED) is 0.211. The number of thioether (sulfide) groups is 1. The summed E-state index contributed by atoms with van der Waals surface area (Å²) in [6.07, 6.45) is -4.21. The van der Waals surface area contributed by atoms with Crippen LogP contribution >= 0.6 is 23.4 Å². The standard InChI is InChI=1S/C23H15ClF5N3S/c24-20-12-18(26)6-3-15(20)13-33-22-31-30-21(32(22)19-9-7-17(25)8-10-19)11-14-1-4-16(5-2-14)23(27,28)29/h1-10,12H,11,13H2. The van der Waals surface area contributed by atoms with Gasteiger partial charge in [0, 0.05) is 22.9 Å². The molecule has 1 heterocycles. The van der Waals surface area contributed by atoms with E-state index in [1.54, 1.807) is 22.8 Å². The van der Waals surface area contributed by atoms with Crippen molar-refractivity contribution < 1.29 is 22.0 Å². The summed E-state index contributed by atoms with van der Waals surface area (Å²) >= 11 is 7.41. The second-order valence-corrected chi connectivity index (χ2v) is 8.46. The maximum absolute atomic E-state index is 13.5. The molecule has 170 valence electrons. The van der Waals surface area contributed by atoms with E-state index in [-0.39, 0.29) is 11.4 Å². The number of aromatic nitrogens is 3. The summed E-state index contributed by atoms with van der Waals surface area (Å²) in [6, 6.07) is 14.6. The summed E-state index contributed by atoms with van der Waals surface area (Å²) in [5.41, 5.74) is 1.16. The minimum Gasteiger partial charge on any atom is -0.274 e. The van der Waals surface area contributed by atoms with Crippen LogP contribution in [0.2, 0.25) is 5.02 Å². The number of nitrogens with zero attached hydrogens (tertiary/aromatic N) is 3. The zero-order chi connectivity index (χ0) is 23.6. The largest absolute Gasteiger partial charge is 0.416 e. The SMILES string of the molecule is Fc1ccc(-n2c(Cc3ccc(C(F)(F)F)cc3)nnc2SCc2ccc(F)cc2Cl)cc1. The van der Waals surface area contributed by atoms with Crippen LogP contribution < -0.4 is 0 Å². The first kappa shape index (κ1) is 23.3. The molecule has 1 aromatic heterocycles. The predicted molar refractivity (Wildman–Crippen MR) is 117 cm³/mol. The van der Waals surface area contributed by atoms with Crippen molar-refractivity contribution in [2.24, 2.45) is 0 Å². The van der Waals surface area contributed by atoms with Crippen LogP contribution in [-0.4, -0.2) is 14.8 Å². The number of rotatable bonds is 6. The lowest BCUT2D eigenvalue weighted by molar-refractivity contribution is -0.137. The lowest BCUT2D eigenvalue weighted by Crippen LogP contribution is -2.06. The fourth-order valence-corrected chi connectivity index (χ4v) is 4.42. The predicted octanol–water partition coefficient (Wildman–Crippen LogP) is 7.10. The topological polar surface area (TPSA) is 30.7 Å². The Morgan fingerprint density at radius 2 is 1.52 bits per heavy atom. The van der Waals surface area contributed by atoms with Crippen molar-refractivity contribution in [3.63, 3.8) is 0 Å². The molecule has 0 aliphatic heterocycles. The highest BCUT2D eigenvalue weighted by molar-refractivity contribution is 7.98. The second-order valence-electron chi connectivity index (χ2n) is 7.11. The van der Waals surface area contributed by atoms with E-state index in [1.165, 1.54) is 48.2 Å². The Kier molecular flexibility index (Phi) is 6.71. The zero-order valence-electron chi connectivity index (χ0n) is 16.8. The van der Waals surface area contributed by atoms with Crippen LogP contribution in [0, 0.1) is 11.6 Å². The van der Waals surface area contributed by atoms with Crippen LogP contribution in [0.3, 0.4) is 0 Å². The Bertz CT molecular complexity index is 1250. The molecule has 0 fully saturated rings. The van der Waals surface area contributed by atoms with Gasteiger partial charge in [-0.3, -0.25) is 4.57 Å². The van der Waals surface area contributed by atoms with Gasteiger partial charge in [0.2, 0.25) is 0 Å². The average molecular weight is 496 g/mol. The normalized spacial score (nSPS) is 11.7. The van der Waals surface area contributed by atoms with Gasteiger partial charge in [-0.25, -0.2) is 8.78 Å². The van der Waals surface area contributed by atoms with Gasteiger partial charge in [-0.1, -0.05) is 41.6 Å². The third-order valence-corrected chi connectivity index (χ3v) is 6.13. The van der Waals surface area contributed by atoms with Gasteiger partial charge in [-0.05, 0) is 59.7 Å². The molecule has 0 unspecified atom stereocenters. The highest BCUT2D eigenvalue weighted by Crippen LogP contribution is 2.31. The molecule has 33 heavy (non-hydrogen) atoms. The molecule has 0 spiro atoms. The summed E-state index contributed by atoms with van der Waals surface area (Å²) in [5, 5.41) is 9.18. The molecule has 0 N–H and O–H groups in total. The van der Waals surface area contributed by atoms with Crippen molar-refractivity contribution in [2.45, 2.75) is 23.5 Å². The fourth-order valence-electron chi connectivity index (χ4n) is 3.13. The fraction of sp³-hybridized carbons (Fsp3) is 0.130.